The van der Waals surface area contributed by atoms with Gasteiger partial charge in [0.05, 0.1) is 0 Å². The second-order valence-corrected chi connectivity index (χ2v) is 4.62. The molecule has 16 heavy (non-hydrogen) atoms. The van der Waals surface area contributed by atoms with Crippen molar-refractivity contribution in [3.8, 4) is 0 Å². The molecule has 1 rings (SSSR count). The molecule has 0 aromatic rings. The van der Waals surface area contributed by atoms with Crippen molar-refractivity contribution in [1.29, 1.82) is 0 Å². The van der Waals surface area contributed by atoms with E-state index in [2.05, 4.69) is 30.4 Å². The van der Waals surface area contributed by atoms with Gasteiger partial charge in [-0.1, -0.05) is 6.08 Å². The molecule has 1 saturated heterocycles. The average molecular weight is 226 g/mol. The van der Waals surface area contributed by atoms with Crippen LogP contribution >= 0.6 is 0 Å². The molecule has 0 bridgehead atoms. The number of aliphatic carboxylic acids is 1. The SMILES string of the molecule is C=CCN1CC(CCC(=O)O)N(C)CC1C. The summed E-state index contributed by atoms with van der Waals surface area (Å²) in [6.07, 6.45) is 2.90. The van der Waals surface area contributed by atoms with Gasteiger partial charge >= 0.3 is 5.97 Å². The van der Waals surface area contributed by atoms with E-state index in [1.807, 2.05) is 6.08 Å². The zero-order valence-corrected chi connectivity index (χ0v) is 10.2. The first kappa shape index (κ1) is 13.2. The van der Waals surface area contributed by atoms with Crippen molar-refractivity contribution < 1.29 is 9.90 Å². The van der Waals surface area contributed by atoms with Crippen molar-refractivity contribution in [3.63, 3.8) is 0 Å². The van der Waals surface area contributed by atoms with E-state index in [0.717, 1.165) is 26.1 Å². The van der Waals surface area contributed by atoms with E-state index in [9.17, 15) is 4.79 Å². The van der Waals surface area contributed by atoms with Crippen LogP contribution in [0.2, 0.25) is 0 Å². The molecule has 0 radical (unpaired) electrons. The summed E-state index contributed by atoms with van der Waals surface area (Å²) in [6.45, 7) is 8.79. The van der Waals surface area contributed by atoms with E-state index < -0.39 is 5.97 Å². The highest BCUT2D eigenvalue weighted by Crippen LogP contribution is 2.17. The van der Waals surface area contributed by atoms with Crippen LogP contribution in [0.25, 0.3) is 0 Å². The lowest BCUT2D eigenvalue weighted by Gasteiger charge is -2.43. The minimum Gasteiger partial charge on any atom is -0.481 e. The van der Waals surface area contributed by atoms with Gasteiger partial charge in [-0.2, -0.15) is 0 Å². The first-order valence-electron chi connectivity index (χ1n) is 5.81. The fourth-order valence-corrected chi connectivity index (χ4v) is 2.29. The minimum absolute atomic E-state index is 0.255. The van der Waals surface area contributed by atoms with Gasteiger partial charge in [-0.15, -0.1) is 6.58 Å². The maximum Gasteiger partial charge on any atom is 0.303 e. The number of carboxylic acids is 1. The lowest BCUT2D eigenvalue weighted by molar-refractivity contribution is -0.137. The van der Waals surface area contributed by atoms with Crippen molar-refractivity contribution in [3.05, 3.63) is 12.7 Å². The second kappa shape index (κ2) is 6.01. The fourth-order valence-electron chi connectivity index (χ4n) is 2.29. The number of hydrogen-bond acceptors (Lipinski definition) is 3. The minimum atomic E-state index is -0.706. The third-order valence-corrected chi connectivity index (χ3v) is 3.30. The van der Waals surface area contributed by atoms with Crippen molar-refractivity contribution in [1.82, 2.24) is 9.80 Å². The Morgan fingerprint density at radius 2 is 2.25 bits per heavy atom. The molecule has 4 heteroatoms. The Balaban J connectivity index is 2.49. The Morgan fingerprint density at radius 1 is 1.56 bits per heavy atom. The Morgan fingerprint density at radius 3 is 2.81 bits per heavy atom. The number of carboxylic acid groups (broad SMARTS) is 1. The van der Waals surface area contributed by atoms with E-state index in [1.165, 1.54) is 0 Å². The molecular formula is C12H22N2O2. The Bertz CT molecular complexity index is 255. The normalized spacial score (nSPS) is 27.9. The molecule has 0 saturated carbocycles. The highest BCUT2D eigenvalue weighted by atomic mass is 16.4. The molecule has 0 aliphatic carbocycles. The van der Waals surface area contributed by atoms with Crippen LogP contribution in [-0.4, -0.2) is 59.6 Å². The molecular weight excluding hydrogens is 204 g/mol. The summed E-state index contributed by atoms with van der Waals surface area (Å²) >= 11 is 0. The van der Waals surface area contributed by atoms with Gasteiger partial charge in [0, 0.05) is 38.1 Å². The largest absolute Gasteiger partial charge is 0.481 e. The van der Waals surface area contributed by atoms with Crippen LogP contribution in [0.1, 0.15) is 19.8 Å². The maximum absolute atomic E-state index is 10.6. The number of carbonyl (C=O) groups is 1. The zero-order valence-electron chi connectivity index (χ0n) is 10.2. The number of likely N-dealkylation sites (N-methyl/N-ethyl adjacent to an activating group) is 1. The molecule has 0 aromatic carbocycles. The number of piperazine rings is 1. The van der Waals surface area contributed by atoms with Crippen molar-refractivity contribution >= 4 is 5.97 Å². The van der Waals surface area contributed by atoms with Crippen LogP contribution < -0.4 is 0 Å². The average Bonchev–Trinajstić information content (AvgIpc) is 2.20. The Kier molecular flexibility index (Phi) is 4.96. The zero-order chi connectivity index (χ0) is 12.1. The van der Waals surface area contributed by atoms with Gasteiger partial charge < -0.3 is 10.0 Å². The van der Waals surface area contributed by atoms with E-state index in [0.29, 0.717) is 12.1 Å². The molecule has 0 aromatic heterocycles. The van der Waals surface area contributed by atoms with Crippen LogP contribution in [-0.2, 0) is 4.79 Å². The molecule has 92 valence electrons. The van der Waals surface area contributed by atoms with Crippen LogP contribution in [0.15, 0.2) is 12.7 Å². The highest BCUT2D eigenvalue weighted by Gasteiger charge is 2.28. The lowest BCUT2D eigenvalue weighted by Crippen LogP contribution is -2.55. The van der Waals surface area contributed by atoms with Gasteiger partial charge in [-0.05, 0) is 20.4 Å². The van der Waals surface area contributed by atoms with Gasteiger partial charge in [0.15, 0.2) is 0 Å². The summed E-state index contributed by atoms with van der Waals surface area (Å²) in [5, 5.41) is 8.70. The fraction of sp³-hybridized carbons (Fsp3) is 0.750. The topological polar surface area (TPSA) is 43.8 Å². The van der Waals surface area contributed by atoms with Gasteiger partial charge in [-0.3, -0.25) is 9.69 Å². The molecule has 1 aliphatic heterocycles. The molecule has 0 spiro atoms. The third kappa shape index (κ3) is 3.61. The second-order valence-electron chi connectivity index (χ2n) is 4.62. The highest BCUT2D eigenvalue weighted by molar-refractivity contribution is 5.66. The summed E-state index contributed by atoms with van der Waals surface area (Å²) < 4.78 is 0. The number of nitrogens with zero attached hydrogens (tertiary/aromatic N) is 2. The van der Waals surface area contributed by atoms with Crippen molar-refractivity contribution in [2.45, 2.75) is 31.8 Å². The molecule has 2 atom stereocenters. The monoisotopic (exact) mass is 226 g/mol. The Labute approximate surface area is 97.5 Å². The smallest absolute Gasteiger partial charge is 0.303 e. The van der Waals surface area contributed by atoms with Crippen LogP contribution in [0.5, 0.6) is 0 Å². The summed E-state index contributed by atoms with van der Waals surface area (Å²) in [5.41, 5.74) is 0. The quantitative estimate of drug-likeness (QED) is 0.711. The molecule has 1 N–H and O–H groups in total. The molecule has 4 nitrogen and oxygen atoms in total. The van der Waals surface area contributed by atoms with E-state index in [1.54, 1.807) is 0 Å². The third-order valence-electron chi connectivity index (χ3n) is 3.30. The summed E-state index contributed by atoms with van der Waals surface area (Å²) in [6, 6.07) is 0.872. The molecule has 1 aliphatic rings. The lowest BCUT2D eigenvalue weighted by atomic mass is 10.0. The van der Waals surface area contributed by atoms with Gasteiger partial charge in [0.25, 0.3) is 0 Å². The van der Waals surface area contributed by atoms with E-state index in [4.69, 9.17) is 5.11 Å². The van der Waals surface area contributed by atoms with Gasteiger partial charge in [0.2, 0.25) is 0 Å². The van der Waals surface area contributed by atoms with Gasteiger partial charge in [-0.25, -0.2) is 0 Å². The summed E-state index contributed by atoms with van der Waals surface area (Å²) in [4.78, 5) is 15.2. The molecule has 1 heterocycles. The first-order valence-corrected chi connectivity index (χ1v) is 5.81. The van der Waals surface area contributed by atoms with E-state index in [-0.39, 0.29) is 6.42 Å². The maximum atomic E-state index is 10.6. The standard InChI is InChI=1S/C12H22N2O2/c1-4-7-14-9-11(5-6-12(15)16)13(3)8-10(14)2/h4,10-11H,1,5-9H2,2-3H3,(H,15,16). The number of hydrogen-bond donors (Lipinski definition) is 1. The summed E-state index contributed by atoms with van der Waals surface area (Å²) in [7, 11) is 2.08. The predicted octanol–water partition coefficient (Wildman–Crippen LogP) is 1.04. The first-order chi connectivity index (χ1) is 7.54. The number of rotatable bonds is 5. The Hall–Kier alpha value is -0.870. The van der Waals surface area contributed by atoms with Crippen LogP contribution in [0, 0.1) is 0 Å². The van der Waals surface area contributed by atoms with Crippen molar-refractivity contribution in [2.75, 3.05) is 26.7 Å². The van der Waals surface area contributed by atoms with Crippen molar-refractivity contribution in [2.24, 2.45) is 0 Å². The van der Waals surface area contributed by atoms with Crippen LogP contribution in [0.3, 0.4) is 0 Å². The predicted molar refractivity (Wildman–Crippen MR) is 64.5 cm³/mol. The molecule has 2 unspecified atom stereocenters. The van der Waals surface area contributed by atoms with E-state index >= 15 is 0 Å². The molecule has 1 fully saturated rings. The molecule has 0 amide bonds. The van der Waals surface area contributed by atoms with Crippen LogP contribution in [0.4, 0.5) is 0 Å². The van der Waals surface area contributed by atoms with Gasteiger partial charge in [0.1, 0.15) is 0 Å². The summed E-state index contributed by atoms with van der Waals surface area (Å²) in [5.74, 6) is -0.706.